The van der Waals surface area contributed by atoms with Crippen molar-refractivity contribution in [1.82, 2.24) is 20.2 Å². The number of hydrogen-bond acceptors (Lipinski definition) is 5. The first-order valence-electron chi connectivity index (χ1n) is 6.58. The molecule has 0 spiro atoms. The molecule has 20 heavy (non-hydrogen) atoms. The molecule has 2 heterocycles. The number of tetrazole rings is 1. The Labute approximate surface area is 121 Å². The Kier molecular flexibility index (Phi) is 3.58. The third-order valence-corrected chi connectivity index (χ3v) is 4.15. The molecule has 0 saturated carbocycles. The minimum Gasteiger partial charge on any atom is -0.397 e. The van der Waals surface area contributed by atoms with Gasteiger partial charge < -0.3 is 10.5 Å². The van der Waals surface area contributed by atoms with Crippen LogP contribution < -0.4 is 5.73 Å². The molecule has 106 valence electrons. The molecule has 1 aliphatic heterocycles. The summed E-state index contributed by atoms with van der Waals surface area (Å²) in [7, 11) is 0. The molecule has 7 heteroatoms. The molecular formula is C13H16ClN5O. The predicted octanol–water partition coefficient (Wildman–Crippen LogP) is 2.17. The molecule has 1 aromatic heterocycles. The smallest absolute Gasteiger partial charge is 0.184 e. The van der Waals surface area contributed by atoms with E-state index >= 15 is 0 Å². The standard InChI is InChI=1S/C13H16ClN5O/c1-8(9-5-6-20-7-9)19-13(16-17-18-19)10-3-2-4-11(14)12(10)15/h2-4,8-9H,5-7,15H2,1H3. The van der Waals surface area contributed by atoms with Crippen LogP contribution in [0.1, 0.15) is 19.4 Å². The van der Waals surface area contributed by atoms with Gasteiger partial charge >= 0.3 is 0 Å². The molecule has 1 aromatic carbocycles. The second-order valence-electron chi connectivity index (χ2n) is 5.01. The fourth-order valence-electron chi connectivity index (χ4n) is 2.51. The minimum absolute atomic E-state index is 0.154. The normalized spacial score (nSPS) is 20.2. The number of ether oxygens (including phenoxy) is 1. The highest BCUT2D eigenvalue weighted by molar-refractivity contribution is 6.33. The lowest BCUT2D eigenvalue weighted by molar-refractivity contribution is 0.173. The van der Waals surface area contributed by atoms with Crippen molar-refractivity contribution in [2.75, 3.05) is 18.9 Å². The van der Waals surface area contributed by atoms with Crippen molar-refractivity contribution in [2.45, 2.75) is 19.4 Å². The lowest BCUT2D eigenvalue weighted by atomic mass is 10.0. The van der Waals surface area contributed by atoms with Crippen LogP contribution >= 0.6 is 11.6 Å². The summed E-state index contributed by atoms with van der Waals surface area (Å²) >= 11 is 6.07. The maximum atomic E-state index is 6.07. The number of aromatic nitrogens is 4. The Hall–Kier alpha value is -1.66. The summed E-state index contributed by atoms with van der Waals surface area (Å²) in [6.45, 7) is 3.64. The van der Waals surface area contributed by atoms with Crippen molar-refractivity contribution in [3.8, 4) is 11.4 Å². The molecule has 0 bridgehead atoms. The van der Waals surface area contributed by atoms with Crippen LogP contribution in [-0.4, -0.2) is 33.4 Å². The van der Waals surface area contributed by atoms with Crippen LogP contribution in [0.3, 0.4) is 0 Å². The van der Waals surface area contributed by atoms with E-state index in [2.05, 4.69) is 22.4 Å². The SMILES string of the molecule is CC(C1CCOC1)n1nnnc1-c1cccc(Cl)c1N. The third kappa shape index (κ3) is 2.25. The molecule has 2 N–H and O–H groups in total. The lowest BCUT2D eigenvalue weighted by Gasteiger charge is -2.19. The van der Waals surface area contributed by atoms with Crippen molar-refractivity contribution in [3.63, 3.8) is 0 Å². The van der Waals surface area contributed by atoms with Gasteiger partial charge in [0.15, 0.2) is 5.82 Å². The van der Waals surface area contributed by atoms with Gasteiger partial charge in [0.1, 0.15) is 0 Å². The van der Waals surface area contributed by atoms with Gasteiger partial charge in [-0.2, -0.15) is 0 Å². The molecule has 6 nitrogen and oxygen atoms in total. The summed E-state index contributed by atoms with van der Waals surface area (Å²) in [5.74, 6) is 1.06. The van der Waals surface area contributed by atoms with Gasteiger partial charge in [0.05, 0.1) is 23.4 Å². The van der Waals surface area contributed by atoms with Crippen molar-refractivity contribution in [2.24, 2.45) is 5.92 Å². The highest BCUT2D eigenvalue weighted by atomic mass is 35.5. The van der Waals surface area contributed by atoms with Crippen LogP contribution in [0.4, 0.5) is 5.69 Å². The fourth-order valence-corrected chi connectivity index (χ4v) is 2.68. The monoisotopic (exact) mass is 293 g/mol. The molecule has 2 aromatic rings. The second kappa shape index (κ2) is 5.38. The molecule has 2 unspecified atom stereocenters. The van der Waals surface area contributed by atoms with E-state index in [4.69, 9.17) is 22.1 Å². The van der Waals surface area contributed by atoms with Crippen LogP contribution in [0.5, 0.6) is 0 Å². The summed E-state index contributed by atoms with van der Waals surface area (Å²) < 4.78 is 7.24. The van der Waals surface area contributed by atoms with Crippen molar-refractivity contribution < 1.29 is 4.74 Å². The number of nitrogens with two attached hydrogens (primary N) is 1. The maximum Gasteiger partial charge on any atom is 0.184 e. The molecule has 0 amide bonds. The van der Waals surface area contributed by atoms with E-state index in [0.717, 1.165) is 25.2 Å². The first-order valence-corrected chi connectivity index (χ1v) is 6.96. The quantitative estimate of drug-likeness (QED) is 0.878. The molecule has 1 aliphatic rings. The fraction of sp³-hybridized carbons (Fsp3) is 0.462. The number of rotatable bonds is 3. The Morgan fingerprint density at radius 3 is 3.10 bits per heavy atom. The summed E-state index contributed by atoms with van der Waals surface area (Å²) in [4.78, 5) is 0. The van der Waals surface area contributed by atoms with Gasteiger partial charge in [-0.05, 0) is 35.9 Å². The van der Waals surface area contributed by atoms with Gasteiger partial charge in [-0.1, -0.05) is 17.7 Å². The summed E-state index contributed by atoms with van der Waals surface area (Å²) in [6, 6.07) is 5.63. The number of para-hydroxylation sites is 1. The summed E-state index contributed by atoms with van der Waals surface area (Å²) in [5, 5.41) is 12.5. The van der Waals surface area contributed by atoms with Crippen LogP contribution in [-0.2, 0) is 4.74 Å². The van der Waals surface area contributed by atoms with Gasteiger partial charge in [-0.3, -0.25) is 0 Å². The van der Waals surface area contributed by atoms with E-state index in [1.165, 1.54) is 0 Å². The van der Waals surface area contributed by atoms with E-state index in [1.54, 1.807) is 10.7 Å². The van der Waals surface area contributed by atoms with E-state index in [1.807, 2.05) is 12.1 Å². The molecule has 0 aliphatic carbocycles. The number of benzene rings is 1. The van der Waals surface area contributed by atoms with Crippen LogP contribution in [0.2, 0.25) is 5.02 Å². The van der Waals surface area contributed by atoms with Crippen molar-refractivity contribution in [3.05, 3.63) is 23.2 Å². The first-order chi connectivity index (χ1) is 9.68. The van der Waals surface area contributed by atoms with Gasteiger partial charge in [0.25, 0.3) is 0 Å². The Balaban J connectivity index is 1.99. The summed E-state index contributed by atoms with van der Waals surface area (Å²) in [5.41, 5.74) is 7.29. The van der Waals surface area contributed by atoms with Crippen LogP contribution in [0, 0.1) is 5.92 Å². The van der Waals surface area contributed by atoms with Gasteiger partial charge in [-0.25, -0.2) is 4.68 Å². The average Bonchev–Trinajstić information content (AvgIpc) is 3.11. The predicted molar refractivity (Wildman–Crippen MR) is 76.3 cm³/mol. The van der Waals surface area contributed by atoms with Gasteiger partial charge in [0, 0.05) is 18.1 Å². The molecular weight excluding hydrogens is 278 g/mol. The molecule has 1 saturated heterocycles. The number of anilines is 1. The van der Waals surface area contributed by atoms with Crippen LogP contribution in [0.25, 0.3) is 11.4 Å². The first kappa shape index (κ1) is 13.3. The third-order valence-electron chi connectivity index (χ3n) is 3.82. The average molecular weight is 294 g/mol. The van der Waals surface area contributed by atoms with E-state index in [0.29, 0.717) is 22.5 Å². The van der Waals surface area contributed by atoms with Gasteiger partial charge in [0.2, 0.25) is 0 Å². The molecule has 1 fully saturated rings. The Morgan fingerprint density at radius 1 is 1.50 bits per heavy atom. The molecule has 2 atom stereocenters. The molecule has 0 radical (unpaired) electrons. The zero-order chi connectivity index (χ0) is 14.1. The van der Waals surface area contributed by atoms with E-state index < -0.39 is 0 Å². The Morgan fingerprint density at radius 2 is 2.35 bits per heavy atom. The summed E-state index contributed by atoms with van der Waals surface area (Å²) in [6.07, 6.45) is 1.02. The topological polar surface area (TPSA) is 78.8 Å². The number of nitrogens with zero attached hydrogens (tertiary/aromatic N) is 4. The highest BCUT2D eigenvalue weighted by Crippen LogP contribution is 2.33. The van der Waals surface area contributed by atoms with E-state index in [-0.39, 0.29) is 6.04 Å². The van der Waals surface area contributed by atoms with Crippen LogP contribution in [0.15, 0.2) is 18.2 Å². The molecule has 3 rings (SSSR count). The van der Waals surface area contributed by atoms with E-state index in [9.17, 15) is 0 Å². The number of halogens is 1. The number of hydrogen-bond donors (Lipinski definition) is 1. The zero-order valence-corrected chi connectivity index (χ0v) is 11.9. The Bertz CT molecular complexity index is 609. The lowest BCUT2D eigenvalue weighted by Crippen LogP contribution is -2.19. The maximum absolute atomic E-state index is 6.07. The zero-order valence-electron chi connectivity index (χ0n) is 11.2. The second-order valence-corrected chi connectivity index (χ2v) is 5.42. The van der Waals surface area contributed by atoms with Crippen molar-refractivity contribution >= 4 is 17.3 Å². The highest BCUT2D eigenvalue weighted by Gasteiger charge is 2.27. The largest absolute Gasteiger partial charge is 0.397 e. The van der Waals surface area contributed by atoms with Crippen molar-refractivity contribution in [1.29, 1.82) is 0 Å². The number of nitrogen functional groups attached to an aromatic ring is 1. The van der Waals surface area contributed by atoms with Gasteiger partial charge in [-0.15, -0.1) is 5.10 Å². The minimum atomic E-state index is 0.154.